The summed E-state index contributed by atoms with van der Waals surface area (Å²) in [6.07, 6.45) is 0. The molecule has 2 aromatic rings. The number of rotatable bonds is 7. The summed E-state index contributed by atoms with van der Waals surface area (Å²) in [6, 6.07) is 10.4. The van der Waals surface area contributed by atoms with Gasteiger partial charge in [0.15, 0.2) is 6.61 Å². The molecule has 7 heteroatoms. The van der Waals surface area contributed by atoms with Crippen LogP contribution in [-0.2, 0) is 14.3 Å². The summed E-state index contributed by atoms with van der Waals surface area (Å²) < 4.78 is 31.4. The molecule has 0 aromatic heterocycles. The van der Waals surface area contributed by atoms with E-state index < -0.39 is 30.1 Å². The summed E-state index contributed by atoms with van der Waals surface area (Å²) in [4.78, 5) is 23.7. The van der Waals surface area contributed by atoms with Crippen molar-refractivity contribution in [1.82, 2.24) is 0 Å². The van der Waals surface area contributed by atoms with Gasteiger partial charge < -0.3 is 10.1 Å². The minimum Gasteiger partial charge on any atom is -0.455 e. The van der Waals surface area contributed by atoms with E-state index in [-0.39, 0.29) is 16.6 Å². The first-order chi connectivity index (χ1) is 12.4. The number of amides is 1. The monoisotopic (exact) mass is 379 g/mol. The summed E-state index contributed by atoms with van der Waals surface area (Å²) >= 11 is 0.810. The molecule has 2 aromatic carbocycles. The lowest BCUT2D eigenvalue weighted by Gasteiger charge is -2.13. The Hall–Kier alpha value is -2.41. The van der Waals surface area contributed by atoms with Gasteiger partial charge in [0.1, 0.15) is 11.6 Å². The Bertz CT molecular complexity index is 796. The Kier molecular flexibility index (Phi) is 7.15. The number of carbonyl (C=O) groups excluding carboxylic acids is 2. The van der Waals surface area contributed by atoms with Gasteiger partial charge in [-0.3, -0.25) is 9.59 Å². The molecule has 26 heavy (non-hydrogen) atoms. The fourth-order valence-electron chi connectivity index (χ4n) is 2.21. The van der Waals surface area contributed by atoms with Crippen molar-refractivity contribution in [3.05, 3.63) is 59.7 Å². The van der Waals surface area contributed by atoms with Gasteiger partial charge in [-0.25, -0.2) is 8.78 Å². The van der Waals surface area contributed by atoms with Crippen molar-refractivity contribution in [1.29, 1.82) is 0 Å². The molecule has 0 spiro atoms. The van der Waals surface area contributed by atoms with Crippen LogP contribution in [0.2, 0.25) is 0 Å². The minimum absolute atomic E-state index is 0.0114. The summed E-state index contributed by atoms with van der Waals surface area (Å²) in [5, 5.41) is 2.71. The predicted octanol–water partition coefficient (Wildman–Crippen LogP) is 4.36. The summed E-state index contributed by atoms with van der Waals surface area (Å²) in [5.41, 5.74) is 1.64. The molecule has 0 saturated heterocycles. The van der Waals surface area contributed by atoms with E-state index in [2.05, 4.69) is 5.32 Å². The number of benzene rings is 2. The number of ether oxygens (including phenoxy) is 1. The molecule has 0 radical (unpaired) electrons. The van der Waals surface area contributed by atoms with Gasteiger partial charge >= 0.3 is 5.97 Å². The molecule has 138 valence electrons. The quantitative estimate of drug-likeness (QED) is 0.574. The zero-order valence-electron chi connectivity index (χ0n) is 14.4. The summed E-state index contributed by atoms with van der Waals surface area (Å²) in [6.45, 7) is 3.57. The van der Waals surface area contributed by atoms with Crippen LogP contribution in [0.4, 0.5) is 14.5 Å². The molecule has 0 aliphatic rings. The van der Waals surface area contributed by atoms with Crippen LogP contribution >= 0.6 is 11.8 Å². The second-order valence-corrected chi connectivity index (χ2v) is 6.83. The van der Waals surface area contributed by atoms with Gasteiger partial charge in [0.25, 0.3) is 5.91 Å². The molecule has 0 heterocycles. The van der Waals surface area contributed by atoms with E-state index in [1.54, 1.807) is 12.1 Å². The number of thioether (sulfide) groups is 1. The number of hydrogen-bond donors (Lipinski definition) is 1. The molecule has 4 nitrogen and oxygen atoms in total. The Balaban J connectivity index is 1.82. The first-order valence-corrected chi connectivity index (χ1v) is 8.97. The van der Waals surface area contributed by atoms with E-state index in [0.717, 1.165) is 35.5 Å². The maximum absolute atomic E-state index is 13.5. The Labute approximate surface area is 154 Å². The average molecular weight is 379 g/mol. The van der Waals surface area contributed by atoms with Crippen LogP contribution in [0.15, 0.2) is 47.4 Å². The Morgan fingerprint density at radius 3 is 2.62 bits per heavy atom. The second-order valence-electron chi connectivity index (χ2n) is 5.81. The van der Waals surface area contributed by atoms with Crippen LogP contribution < -0.4 is 5.32 Å². The highest BCUT2D eigenvalue weighted by atomic mass is 32.2. The highest BCUT2D eigenvalue weighted by Gasteiger charge is 2.13. The van der Waals surface area contributed by atoms with Crippen LogP contribution in [0.3, 0.4) is 0 Å². The van der Waals surface area contributed by atoms with Crippen molar-refractivity contribution in [2.24, 2.45) is 0 Å². The molecule has 0 aliphatic heterocycles. The van der Waals surface area contributed by atoms with Gasteiger partial charge in [0.05, 0.1) is 5.75 Å². The predicted molar refractivity (Wildman–Crippen MR) is 97.2 cm³/mol. The second kappa shape index (κ2) is 9.33. The molecule has 1 N–H and O–H groups in total. The van der Waals surface area contributed by atoms with E-state index in [1.165, 1.54) is 0 Å². The molecule has 0 atom stereocenters. The highest BCUT2D eigenvalue weighted by Crippen LogP contribution is 2.24. The van der Waals surface area contributed by atoms with Crippen LogP contribution in [0.5, 0.6) is 0 Å². The lowest BCUT2D eigenvalue weighted by atomic mass is 10.0. The van der Waals surface area contributed by atoms with E-state index in [9.17, 15) is 18.4 Å². The zero-order chi connectivity index (χ0) is 19.1. The minimum atomic E-state index is -0.689. The Morgan fingerprint density at radius 1 is 1.15 bits per heavy atom. The van der Waals surface area contributed by atoms with Crippen molar-refractivity contribution in [3.63, 3.8) is 0 Å². The molecule has 0 saturated carbocycles. The lowest BCUT2D eigenvalue weighted by molar-refractivity contribution is -0.144. The average Bonchev–Trinajstić information content (AvgIpc) is 2.61. The van der Waals surface area contributed by atoms with Crippen LogP contribution in [0.25, 0.3) is 0 Å². The number of anilines is 1. The molecule has 0 bridgehead atoms. The molecular weight excluding hydrogens is 360 g/mol. The SMILES string of the molecule is CC(C)c1ccccc1NC(=O)COC(=O)CSc1cc(F)ccc1F. The first-order valence-electron chi connectivity index (χ1n) is 7.99. The third-order valence-electron chi connectivity index (χ3n) is 3.46. The van der Waals surface area contributed by atoms with Gasteiger partial charge in [-0.1, -0.05) is 32.0 Å². The fraction of sp³-hybridized carbons (Fsp3) is 0.263. The number of nitrogens with one attached hydrogen (secondary N) is 1. The van der Waals surface area contributed by atoms with Gasteiger partial charge in [-0.15, -0.1) is 11.8 Å². The third-order valence-corrected chi connectivity index (χ3v) is 4.46. The summed E-state index contributed by atoms with van der Waals surface area (Å²) in [7, 11) is 0. The number of halogens is 2. The van der Waals surface area contributed by atoms with Crippen molar-refractivity contribution < 1.29 is 23.1 Å². The first kappa shape index (κ1) is 19.9. The van der Waals surface area contributed by atoms with Crippen molar-refractivity contribution in [2.75, 3.05) is 17.7 Å². The number of para-hydroxylation sites is 1. The topological polar surface area (TPSA) is 55.4 Å². The fourth-order valence-corrected chi connectivity index (χ4v) is 2.97. The molecule has 2 rings (SSSR count). The van der Waals surface area contributed by atoms with Crippen molar-refractivity contribution in [3.8, 4) is 0 Å². The number of hydrogen-bond acceptors (Lipinski definition) is 4. The largest absolute Gasteiger partial charge is 0.455 e. The van der Waals surface area contributed by atoms with Crippen LogP contribution in [-0.4, -0.2) is 24.2 Å². The van der Waals surface area contributed by atoms with Gasteiger partial charge in [-0.2, -0.15) is 0 Å². The van der Waals surface area contributed by atoms with E-state index in [0.29, 0.717) is 5.69 Å². The van der Waals surface area contributed by atoms with Gasteiger partial charge in [0.2, 0.25) is 0 Å². The van der Waals surface area contributed by atoms with Gasteiger partial charge in [-0.05, 0) is 35.7 Å². The van der Waals surface area contributed by atoms with Crippen LogP contribution in [0.1, 0.15) is 25.3 Å². The zero-order valence-corrected chi connectivity index (χ0v) is 15.2. The van der Waals surface area contributed by atoms with Crippen molar-refractivity contribution >= 4 is 29.3 Å². The lowest BCUT2D eigenvalue weighted by Crippen LogP contribution is -2.22. The Morgan fingerprint density at radius 2 is 1.88 bits per heavy atom. The number of carbonyl (C=O) groups is 2. The molecule has 0 fully saturated rings. The molecule has 1 amide bonds. The standard InChI is InChI=1S/C19H19F2NO3S/c1-12(2)14-5-3-4-6-16(14)22-18(23)10-25-19(24)11-26-17-9-13(20)7-8-15(17)21/h3-9,12H,10-11H2,1-2H3,(H,22,23). The number of esters is 1. The molecule has 0 unspecified atom stereocenters. The summed E-state index contributed by atoms with van der Waals surface area (Å²) in [5.74, 6) is -2.36. The van der Waals surface area contributed by atoms with E-state index in [4.69, 9.17) is 4.74 Å². The maximum atomic E-state index is 13.5. The van der Waals surface area contributed by atoms with E-state index in [1.807, 2.05) is 26.0 Å². The maximum Gasteiger partial charge on any atom is 0.316 e. The van der Waals surface area contributed by atoms with E-state index >= 15 is 0 Å². The van der Waals surface area contributed by atoms with Crippen molar-refractivity contribution in [2.45, 2.75) is 24.7 Å². The molecular formula is C19H19F2NO3S. The smallest absolute Gasteiger partial charge is 0.316 e. The third kappa shape index (κ3) is 5.84. The normalized spacial score (nSPS) is 10.7. The van der Waals surface area contributed by atoms with Gasteiger partial charge in [0, 0.05) is 10.6 Å². The highest BCUT2D eigenvalue weighted by molar-refractivity contribution is 8.00. The molecule has 0 aliphatic carbocycles. The van der Waals surface area contributed by atoms with Crippen LogP contribution in [0, 0.1) is 11.6 Å².